The Morgan fingerprint density at radius 2 is 1.72 bits per heavy atom. The van der Waals surface area contributed by atoms with Crippen LogP contribution in [0.1, 0.15) is 5.56 Å². The number of nitrogens with zero attached hydrogens (tertiary/aromatic N) is 1. The summed E-state index contributed by atoms with van der Waals surface area (Å²) in [5.74, 6) is 2.16. The molecule has 4 nitrogen and oxygen atoms in total. The molecule has 0 heterocycles. The molecule has 0 bridgehead atoms. The molecule has 0 fully saturated rings. The van der Waals surface area contributed by atoms with Gasteiger partial charge in [0.2, 0.25) is 0 Å². The SMILES string of the molecule is COc1cccc(Oc2ccc(/C=N/O)cc2)c1. The van der Waals surface area contributed by atoms with E-state index in [1.54, 1.807) is 31.4 Å². The maximum Gasteiger partial charge on any atom is 0.131 e. The van der Waals surface area contributed by atoms with Crippen molar-refractivity contribution < 1.29 is 14.7 Å². The zero-order valence-electron chi connectivity index (χ0n) is 9.91. The predicted octanol–water partition coefficient (Wildman–Crippen LogP) is 3.30. The molecule has 2 rings (SSSR count). The predicted molar refractivity (Wildman–Crippen MR) is 68.9 cm³/mol. The summed E-state index contributed by atoms with van der Waals surface area (Å²) < 4.78 is 10.8. The molecule has 0 amide bonds. The van der Waals surface area contributed by atoms with Crippen LogP contribution in [0.3, 0.4) is 0 Å². The number of benzene rings is 2. The Hall–Kier alpha value is -2.49. The summed E-state index contributed by atoms with van der Waals surface area (Å²) in [4.78, 5) is 0. The number of oxime groups is 1. The van der Waals surface area contributed by atoms with Crippen LogP contribution in [0.4, 0.5) is 0 Å². The van der Waals surface area contributed by atoms with Gasteiger partial charge in [-0.15, -0.1) is 0 Å². The lowest BCUT2D eigenvalue weighted by Crippen LogP contribution is -1.87. The Bertz CT molecular complexity index is 535. The van der Waals surface area contributed by atoms with Gasteiger partial charge in [0, 0.05) is 6.07 Å². The zero-order valence-corrected chi connectivity index (χ0v) is 9.91. The van der Waals surface area contributed by atoms with Gasteiger partial charge in [0.15, 0.2) is 0 Å². The molecule has 0 saturated carbocycles. The van der Waals surface area contributed by atoms with Gasteiger partial charge in [-0.05, 0) is 42.0 Å². The Balaban J connectivity index is 2.12. The third kappa shape index (κ3) is 3.01. The van der Waals surface area contributed by atoms with Crippen molar-refractivity contribution in [1.29, 1.82) is 0 Å². The number of rotatable bonds is 4. The topological polar surface area (TPSA) is 51.0 Å². The Morgan fingerprint density at radius 3 is 2.39 bits per heavy atom. The maximum absolute atomic E-state index is 8.41. The van der Waals surface area contributed by atoms with E-state index in [-0.39, 0.29) is 0 Å². The second-order valence-electron chi connectivity index (χ2n) is 3.59. The van der Waals surface area contributed by atoms with Crippen LogP contribution in [-0.2, 0) is 0 Å². The van der Waals surface area contributed by atoms with Gasteiger partial charge in [0.25, 0.3) is 0 Å². The Morgan fingerprint density at radius 1 is 1.00 bits per heavy atom. The van der Waals surface area contributed by atoms with Crippen molar-refractivity contribution in [3.63, 3.8) is 0 Å². The second kappa shape index (κ2) is 5.72. The van der Waals surface area contributed by atoms with Crippen LogP contribution in [0.2, 0.25) is 0 Å². The molecule has 2 aromatic rings. The maximum atomic E-state index is 8.41. The highest BCUT2D eigenvalue weighted by molar-refractivity contribution is 5.79. The first-order valence-electron chi connectivity index (χ1n) is 5.41. The fourth-order valence-corrected chi connectivity index (χ4v) is 1.49. The number of hydrogen-bond donors (Lipinski definition) is 1. The molecule has 0 aliphatic carbocycles. The van der Waals surface area contributed by atoms with Gasteiger partial charge in [-0.25, -0.2) is 0 Å². The monoisotopic (exact) mass is 243 g/mol. The standard InChI is InChI=1S/C14H13NO3/c1-17-13-3-2-4-14(9-13)18-12-7-5-11(6-8-12)10-15-16/h2-10,16H,1H3/b15-10+. The second-order valence-corrected chi connectivity index (χ2v) is 3.59. The fraction of sp³-hybridized carbons (Fsp3) is 0.0714. The molecule has 0 saturated heterocycles. The smallest absolute Gasteiger partial charge is 0.131 e. The lowest BCUT2D eigenvalue weighted by atomic mass is 10.2. The third-order valence-electron chi connectivity index (χ3n) is 2.36. The largest absolute Gasteiger partial charge is 0.497 e. The van der Waals surface area contributed by atoms with Crippen molar-refractivity contribution >= 4 is 6.21 Å². The highest BCUT2D eigenvalue weighted by Gasteiger charge is 1.99. The number of methoxy groups -OCH3 is 1. The van der Waals surface area contributed by atoms with E-state index in [1.807, 2.05) is 24.3 Å². The minimum Gasteiger partial charge on any atom is -0.497 e. The summed E-state index contributed by atoms with van der Waals surface area (Å²) in [6.45, 7) is 0. The van der Waals surface area contributed by atoms with E-state index in [4.69, 9.17) is 14.7 Å². The van der Waals surface area contributed by atoms with Crippen molar-refractivity contribution in [3.8, 4) is 17.2 Å². The number of hydrogen-bond acceptors (Lipinski definition) is 4. The van der Waals surface area contributed by atoms with Crippen molar-refractivity contribution in [2.45, 2.75) is 0 Å². The molecule has 1 N–H and O–H groups in total. The van der Waals surface area contributed by atoms with Crippen LogP contribution in [0.25, 0.3) is 0 Å². The van der Waals surface area contributed by atoms with Gasteiger partial charge in [0.05, 0.1) is 13.3 Å². The van der Waals surface area contributed by atoms with Crippen LogP contribution in [0.5, 0.6) is 17.2 Å². The molecule has 0 unspecified atom stereocenters. The van der Waals surface area contributed by atoms with Crippen LogP contribution in [0, 0.1) is 0 Å². The molecule has 18 heavy (non-hydrogen) atoms. The van der Waals surface area contributed by atoms with Crippen molar-refractivity contribution in [1.82, 2.24) is 0 Å². The number of ether oxygens (including phenoxy) is 2. The van der Waals surface area contributed by atoms with Gasteiger partial charge in [-0.2, -0.15) is 0 Å². The first-order valence-corrected chi connectivity index (χ1v) is 5.41. The van der Waals surface area contributed by atoms with E-state index in [0.717, 1.165) is 11.3 Å². The van der Waals surface area contributed by atoms with Gasteiger partial charge < -0.3 is 14.7 Å². The Kier molecular flexibility index (Phi) is 3.81. The van der Waals surface area contributed by atoms with E-state index in [0.29, 0.717) is 11.5 Å². The molecule has 2 aromatic carbocycles. The summed E-state index contributed by atoms with van der Waals surface area (Å²) in [7, 11) is 1.61. The molecule has 0 radical (unpaired) electrons. The quantitative estimate of drug-likeness (QED) is 0.509. The first kappa shape index (κ1) is 12.0. The van der Waals surface area contributed by atoms with E-state index < -0.39 is 0 Å². The summed E-state index contributed by atoms with van der Waals surface area (Å²) in [5.41, 5.74) is 0.801. The summed E-state index contributed by atoms with van der Waals surface area (Å²) in [5, 5.41) is 11.4. The highest BCUT2D eigenvalue weighted by Crippen LogP contribution is 2.25. The van der Waals surface area contributed by atoms with Crippen molar-refractivity contribution in [2.24, 2.45) is 5.16 Å². The zero-order chi connectivity index (χ0) is 12.8. The first-order chi connectivity index (χ1) is 8.81. The van der Waals surface area contributed by atoms with E-state index >= 15 is 0 Å². The summed E-state index contributed by atoms with van der Waals surface area (Å²) in [6.07, 6.45) is 1.36. The fourth-order valence-electron chi connectivity index (χ4n) is 1.49. The average molecular weight is 243 g/mol. The van der Waals surface area contributed by atoms with E-state index in [9.17, 15) is 0 Å². The molecule has 0 spiro atoms. The van der Waals surface area contributed by atoms with Crippen LogP contribution >= 0.6 is 0 Å². The molecule has 4 heteroatoms. The summed E-state index contributed by atoms with van der Waals surface area (Å²) >= 11 is 0. The summed E-state index contributed by atoms with van der Waals surface area (Å²) in [6, 6.07) is 14.6. The van der Waals surface area contributed by atoms with Crippen molar-refractivity contribution in [3.05, 3.63) is 54.1 Å². The van der Waals surface area contributed by atoms with Crippen LogP contribution in [-0.4, -0.2) is 18.5 Å². The van der Waals surface area contributed by atoms with Crippen LogP contribution < -0.4 is 9.47 Å². The Labute approximate surface area is 105 Å². The third-order valence-corrected chi connectivity index (χ3v) is 2.36. The molecule has 0 aliphatic rings. The van der Waals surface area contributed by atoms with Crippen LogP contribution in [0.15, 0.2) is 53.7 Å². The molecular formula is C14H13NO3. The van der Waals surface area contributed by atoms with E-state index in [1.165, 1.54) is 6.21 Å². The normalized spacial score (nSPS) is 10.5. The minimum atomic E-state index is 0.706. The van der Waals surface area contributed by atoms with Gasteiger partial charge in [-0.1, -0.05) is 11.2 Å². The highest BCUT2D eigenvalue weighted by atomic mass is 16.5. The molecule has 0 aromatic heterocycles. The lowest BCUT2D eigenvalue weighted by Gasteiger charge is -2.07. The molecular weight excluding hydrogens is 230 g/mol. The molecule has 0 atom stereocenters. The minimum absolute atomic E-state index is 0.706. The van der Waals surface area contributed by atoms with Crippen molar-refractivity contribution in [2.75, 3.05) is 7.11 Å². The van der Waals surface area contributed by atoms with Gasteiger partial charge in [0.1, 0.15) is 17.2 Å². The van der Waals surface area contributed by atoms with Gasteiger partial charge >= 0.3 is 0 Å². The average Bonchev–Trinajstić information content (AvgIpc) is 2.42. The molecule has 0 aliphatic heterocycles. The molecule has 92 valence electrons. The lowest BCUT2D eigenvalue weighted by molar-refractivity contribution is 0.322. The van der Waals surface area contributed by atoms with E-state index in [2.05, 4.69) is 5.16 Å². The van der Waals surface area contributed by atoms with Gasteiger partial charge in [-0.3, -0.25) is 0 Å².